The van der Waals surface area contributed by atoms with Crippen molar-refractivity contribution in [1.82, 2.24) is 20.2 Å². The Morgan fingerprint density at radius 1 is 1.23 bits per heavy atom. The minimum atomic E-state index is -4.74. The first kappa shape index (κ1) is 17.3. The molecular formula is C15H16N4O5S2. The van der Waals surface area contributed by atoms with Gasteiger partial charge in [0, 0.05) is 12.1 Å². The van der Waals surface area contributed by atoms with Crippen molar-refractivity contribution in [2.45, 2.75) is 31.8 Å². The molecule has 26 heavy (non-hydrogen) atoms. The first-order valence-electron chi connectivity index (χ1n) is 7.99. The van der Waals surface area contributed by atoms with Crippen LogP contribution in [-0.4, -0.2) is 51.7 Å². The summed E-state index contributed by atoms with van der Waals surface area (Å²) in [6.07, 6.45) is 1.16. The fraction of sp³-hybridized carbons (Fsp3) is 0.400. The largest absolute Gasteiger partial charge is 0.418 e. The van der Waals surface area contributed by atoms with E-state index in [2.05, 4.69) is 14.5 Å². The van der Waals surface area contributed by atoms with Crippen LogP contribution >= 0.6 is 11.3 Å². The summed E-state index contributed by atoms with van der Waals surface area (Å²) in [5.74, 6) is 0. The number of nitrogens with zero attached hydrogens (tertiary/aromatic N) is 4. The molecule has 3 heterocycles. The molecule has 0 radical (unpaired) electrons. The zero-order valence-electron chi connectivity index (χ0n) is 13.8. The molecule has 4 rings (SSSR count). The Morgan fingerprint density at radius 3 is 2.65 bits per heavy atom. The van der Waals surface area contributed by atoms with Gasteiger partial charge in [-0.1, -0.05) is 41.2 Å². The lowest BCUT2D eigenvalue weighted by Gasteiger charge is -2.28. The van der Waals surface area contributed by atoms with E-state index in [9.17, 15) is 13.2 Å². The predicted molar refractivity (Wildman–Crippen MR) is 92.4 cm³/mol. The van der Waals surface area contributed by atoms with E-state index < -0.39 is 22.5 Å². The average Bonchev–Trinajstić information content (AvgIpc) is 3.15. The standard InChI is InChI=1S/C15H16N4O5S2/c1-9-2-4-10(5-3-9)13-16-17-14(25-13)12-7-6-11-8-18(12)15(20)19(11)24-26(21,22)23/h2-5,11-12H,6-8H2,1H3,(H,21,22,23)/t11-,12+/m1/s1. The molecule has 2 aliphatic heterocycles. The molecule has 1 aromatic heterocycles. The number of hydrogen-bond donors (Lipinski definition) is 1. The van der Waals surface area contributed by atoms with Gasteiger partial charge in [0.2, 0.25) is 0 Å². The maximum absolute atomic E-state index is 12.5. The third-order valence-corrected chi connectivity index (χ3v) is 5.94. The minimum absolute atomic E-state index is 0.287. The Labute approximate surface area is 154 Å². The van der Waals surface area contributed by atoms with Crippen molar-refractivity contribution in [3.8, 4) is 10.6 Å². The summed E-state index contributed by atoms with van der Waals surface area (Å²) in [5.41, 5.74) is 2.11. The van der Waals surface area contributed by atoms with E-state index in [1.54, 1.807) is 0 Å². The van der Waals surface area contributed by atoms with E-state index in [1.165, 1.54) is 16.2 Å². The number of piperidine rings is 1. The molecule has 1 N–H and O–H groups in total. The number of carbonyl (C=O) groups is 1. The lowest BCUT2D eigenvalue weighted by Crippen LogP contribution is -2.35. The van der Waals surface area contributed by atoms with Crippen LogP contribution in [0.4, 0.5) is 4.79 Å². The molecule has 0 unspecified atom stereocenters. The number of hydroxylamine groups is 2. The van der Waals surface area contributed by atoms with E-state index in [0.717, 1.165) is 21.2 Å². The number of hydrogen-bond acceptors (Lipinski definition) is 7. The molecule has 2 saturated heterocycles. The second kappa shape index (κ2) is 6.27. The second-order valence-electron chi connectivity index (χ2n) is 6.32. The number of rotatable bonds is 4. The average molecular weight is 396 g/mol. The summed E-state index contributed by atoms with van der Waals surface area (Å²) >= 11 is 1.41. The van der Waals surface area contributed by atoms with E-state index in [1.807, 2.05) is 31.2 Å². The Kier molecular flexibility index (Phi) is 4.18. The van der Waals surface area contributed by atoms with Crippen molar-refractivity contribution in [3.63, 3.8) is 0 Å². The van der Waals surface area contributed by atoms with Gasteiger partial charge >= 0.3 is 16.4 Å². The Hall–Kier alpha value is -2.08. The topological polar surface area (TPSA) is 113 Å². The fourth-order valence-corrected chi connectivity index (χ4v) is 4.66. The summed E-state index contributed by atoms with van der Waals surface area (Å²) in [6, 6.07) is 6.64. The molecule has 11 heteroatoms. The summed E-state index contributed by atoms with van der Waals surface area (Å²) in [6.45, 7) is 2.33. The maximum Gasteiger partial charge on any atom is 0.418 e. The molecule has 0 spiro atoms. The fourth-order valence-electron chi connectivity index (χ4n) is 3.27. The molecule has 9 nitrogen and oxygen atoms in total. The van der Waals surface area contributed by atoms with Crippen molar-refractivity contribution in [1.29, 1.82) is 0 Å². The van der Waals surface area contributed by atoms with Crippen molar-refractivity contribution >= 4 is 27.8 Å². The number of fused-ring (bicyclic) bond motifs is 2. The van der Waals surface area contributed by atoms with Gasteiger partial charge in [-0.25, -0.2) is 4.79 Å². The van der Waals surface area contributed by atoms with Gasteiger partial charge in [0.1, 0.15) is 10.0 Å². The number of amides is 2. The van der Waals surface area contributed by atoms with Gasteiger partial charge in [0.25, 0.3) is 0 Å². The lowest BCUT2D eigenvalue weighted by atomic mass is 10.0. The number of aryl methyl sites for hydroxylation is 1. The van der Waals surface area contributed by atoms with Crippen LogP contribution in [0, 0.1) is 6.92 Å². The third kappa shape index (κ3) is 3.18. The molecular weight excluding hydrogens is 380 g/mol. The SMILES string of the molecule is Cc1ccc(-c2nnc([C@@H]3CC[C@@H]4CN3C(=O)N4OS(=O)(=O)O)s2)cc1. The highest BCUT2D eigenvalue weighted by atomic mass is 32.3. The molecule has 2 atom stereocenters. The highest BCUT2D eigenvalue weighted by Crippen LogP contribution is 2.40. The van der Waals surface area contributed by atoms with Crippen LogP contribution in [0.5, 0.6) is 0 Å². The minimum Gasteiger partial charge on any atom is -0.311 e. The van der Waals surface area contributed by atoms with E-state index >= 15 is 0 Å². The zero-order valence-corrected chi connectivity index (χ0v) is 15.4. The first-order chi connectivity index (χ1) is 12.3. The zero-order chi connectivity index (χ0) is 18.5. The second-order valence-corrected chi connectivity index (χ2v) is 8.34. The molecule has 0 saturated carbocycles. The number of benzene rings is 1. The predicted octanol–water partition coefficient (Wildman–Crippen LogP) is 2.19. The van der Waals surface area contributed by atoms with Gasteiger partial charge in [-0.3, -0.25) is 4.55 Å². The Balaban J connectivity index is 1.57. The first-order valence-corrected chi connectivity index (χ1v) is 10.2. The Morgan fingerprint density at radius 2 is 1.96 bits per heavy atom. The monoisotopic (exact) mass is 396 g/mol. The van der Waals surface area contributed by atoms with Crippen LogP contribution in [0.15, 0.2) is 24.3 Å². The van der Waals surface area contributed by atoms with Crippen LogP contribution in [0.1, 0.15) is 29.5 Å². The number of carbonyl (C=O) groups excluding carboxylic acids is 1. The van der Waals surface area contributed by atoms with Crippen molar-refractivity contribution < 1.29 is 22.0 Å². The number of aromatic nitrogens is 2. The lowest BCUT2D eigenvalue weighted by molar-refractivity contribution is -0.0317. The molecule has 2 amide bonds. The molecule has 1 aromatic carbocycles. The van der Waals surface area contributed by atoms with Gasteiger partial charge in [-0.2, -0.15) is 13.5 Å². The van der Waals surface area contributed by atoms with Gasteiger partial charge < -0.3 is 4.90 Å². The van der Waals surface area contributed by atoms with Crippen molar-refractivity contribution in [3.05, 3.63) is 34.8 Å². The van der Waals surface area contributed by atoms with Crippen LogP contribution in [0.3, 0.4) is 0 Å². The van der Waals surface area contributed by atoms with Gasteiger partial charge in [0.15, 0.2) is 0 Å². The van der Waals surface area contributed by atoms with Gasteiger partial charge in [0.05, 0.1) is 12.1 Å². The van der Waals surface area contributed by atoms with Crippen molar-refractivity contribution in [2.24, 2.45) is 0 Å². The van der Waals surface area contributed by atoms with Gasteiger partial charge in [-0.05, 0) is 19.8 Å². The van der Waals surface area contributed by atoms with Crippen LogP contribution in [0.2, 0.25) is 0 Å². The smallest absolute Gasteiger partial charge is 0.311 e. The highest BCUT2D eigenvalue weighted by molar-refractivity contribution is 7.80. The summed E-state index contributed by atoms with van der Waals surface area (Å²) in [5, 5.41) is 10.7. The number of urea groups is 1. The normalized spacial score (nSPS) is 22.9. The summed E-state index contributed by atoms with van der Waals surface area (Å²) < 4.78 is 35.2. The molecule has 2 aliphatic rings. The van der Waals surface area contributed by atoms with Crippen LogP contribution < -0.4 is 0 Å². The maximum atomic E-state index is 12.5. The quantitative estimate of drug-likeness (QED) is 0.788. The van der Waals surface area contributed by atoms with E-state index in [-0.39, 0.29) is 6.04 Å². The Bertz CT molecular complexity index is 943. The van der Waals surface area contributed by atoms with Crippen molar-refractivity contribution in [2.75, 3.05) is 6.54 Å². The van der Waals surface area contributed by atoms with E-state index in [4.69, 9.17) is 4.55 Å². The van der Waals surface area contributed by atoms with E-state index in [0.29, 0.717) is 24.4 Å². The van der Waals surface area contributed by atoms with Crippen LogP contribution in [0.25, 0.3) is 10.6 Å². The van der Waals surface area contributed by atoms with Gasteiger partial charge in [-0.15, -0.1) is 14.5 Å². The molecule has 2 bridgehead atoms. The summed E-state index contributed by atoms with van der Waals surface area (Å²) in [4.78, 5) is 14.0. The third-order valence-electron chi connectivity index (χ3n) is 4.52. The van der Waals surface area contributed by atoms with Crippen LogP contribution in [-0.2, 0) is 14.7 Å². The summed E-state index contributed by atoms with van der Waals surface area (Å²) in [7, 11) is -4.74. The molecule has 2 aromatic rings. The molecule has 2 fully saturated rings. The molecule has 0 aliphatic carbocycles. The highest BCUT2D eigenvalue weighted by Gasteiger charge is 2.48. The molecule has 138 valence electrons.